The predicted octanol–water partition coefficient (Wildman–Crippen LogP) is 4.74. The molecule has 186 valence electrons. The van der Waals surface area contributed by atoms with E-state index in [2.05, 4.69) is 20.2 Å². The second-order valence-corrected chi connectivity index (χ2v) is 9.00. The first-order valence-corrected chi connectivity index (χ1v) is 12.3. The van der Waals surface area contributed by atoms with Gasteiger partial charge in [-0.25, -0.2) is 23.9 Å². The van der Waals surface area contributed by atoms with E-state index < -0.39 is 0 Å². The molecule has 1 aromatic carbocycles. The van der Waals surface area contributed by atoms with E-state index in [4.69, 9.17) is 15.2 Å². The first kappa shape index (κ1) is 23.1. The number of anilines is 2. The second-order valence-electron chi connectivity index (χ2n) is 9.00. The minimum absolute atomic E-state index is 0.0311. The fraction of sp³-hybridized carbons (Fsp3) is 0.214. The monoisotopic (exact) mass is 495 g/mol. The lowest BCUT2D eigenvalue weighted by molar-refractivity contribution is 0.311. The maximum absolute atomic E-state index is 13.9. The average molecular weight is 496 g/mol. The Kier molecular flexibility index (Phi) is 6.20. The first-order chi connectivity index (χ1) is 18.2. The summed E-state index contributed by atoms with van der Waals surface area (Å²) in [5.74, 6) is 1.28. The van der Waals surface area contributed by atoms with Gasteiger partial charge in [-0.3, -0.25) is 0 Å². The zero-order valence-corrected chi connectivity index (χ0v) is 20.1. The van der Waals surface area contributed by atoms with Crippen molar-refractivity contribution in [2.24, 2.45) is 0 Å². The zero-order valence-electron chi connectivity index (χ0n) is 20.1. The van der Waals surface area contributed by atoms with E-state index in [9.17, 15) is 4.39 Å². The molecule has 4 aromatic heterocycles. The summed E-state index contributed by atoms with van der Waals surface area (Å²) in [6, 6.07) is 20.5. The Labute approximate surface area is 213 Å². The van der Waals surface area contributed by atoms with Gasteiger partial charge in [0.25, 0.3) is 0 Å². The van der Waals surface area contributed by atoms with E-state index in [-0.39, 0.29) is 18.5 Å². The van der Waals surface area contributed by atoms with E-state index in [0.29, 0.717) is 12.4 Å². The smallest absolute Gasteiger partial charge is 0.154 e. The van der Waals surface area contributed by atoms with Gasteiger partial charge in [-0.1, -0.05) is 18.2 Å². The van der Waals surface area contributed by atoms with Gasteiger partial charge in [-0.15, -0.1) is 5.10 Å². The van der Waals surface area contributed by atoms with Gasteiger partial charge in [-0.2, -0.15) is 0 Å². The Bertz CT molecular complexity index is 1550. The number of hydrogen-bond donors (Lipinski definition) is 2. The number of benzene rings is 1. The van der Waals surface area contributed by atoms with Crippen molar-refractivity contribution in [3.05, 3.63) is 90.5 Å². The van der Waals surface area contributed by atoms with Gasteiger partial charge < -0.3 is 15.3 Å². The number of aliphatic hydroxyl groups excluding tert-OH is 1. The van der Waals surface area contributed by atoms with E-state index in [1.165, 1.54) is 6.07 Å². The molecule has 1 saturated heterocycles. The fourth-order valence-electron chi connectivity index (χ4n) is 4.90. The SMILES string of the molecule is OCCNc1cc(-c2cccc(-c3cnc4ccc(N5CCC[C@@H]5c5cccc(F)c5)nn34)n2)ccn1. The molecule has 5 heterocycles. The normalized spacial score (nSPS) is 15.4. The molecule has 9 heteroatoms. The molecule has 0 radical (unpaired) electrons. The highest BCUT2D eigenvalue weighted by molar-refractivity contribution is 5.67. The van der Waals surface area contributed by atoms with Crippen LogP contribution in [0.1, 0.15) is 24.4 Å². The molecule has 1 fully saturated rings. The highest BCUT2D eigenvalue weighted by atomic mass is 19.1. The van der Waals surface area contributed by atoms with Crippen molar-refractivity contribution < 1.29 is 9.50 Å². The first-order valence-electron chi connectivity index (χ1n) is 12.3. The fourth-order valence-corrected chi connectivity index (χ4v) is 4.90. The maximum Gasteiger partial charge on any atom is 0.154 e. The molecular formula is C28H26FN7O. The Hall–Kier alpha value is -4.37. The van der Waals surface area contributed by atoms with Crippen LogP contribution in [-0.4, -0.2) is 49.4 Å². The van der Waals surface area contributed by atoms with Crippen LogP contribution < -0.4 is 10.2 Å². The van der Waals surface area contributed by atoms with Crippen LogP contribution in [0.25, 0.3) is 28.3 Å². The van der Waals surface area contributed by atoms with Crippen LogP contribution in [0, 0.1) is 5.82 Å². The van der Waals surface area contributed by atoms with Crippen molar-refractivity contribution in [2.75, 3.05) is 29.9 Å². The largest absolute Gasteiger partial charge is 0.395 e. The van der Waals surface area contributed by atoms with Crippen LogP contribution in [0.2, 0.25) is 0 Å². The van der Waals surface area contributed by atoms with Crippen molar-refractivity contribution in [3.63, 3.8) is 0 Å². The number of aromatic nitrogens is 5. The molecule has 8 nitrogen and oxygen atoms in total. The summed E-state index contributed by atoms with van der Waals surface area (Å²) < 4.78 is 15.7. The van der Waals surface area contributed by atoms with Gasteiger partial charge in [0.15, 0.2) is 5.65 Å². The zero-order chi connectivity index (χ0) is 25.2. The third-order valence-corrected chi connectivity index (χ3v) is 6.61. The number of imidazole rings is 1. The maximum atomic E-state index is 13.9. The van der Waals surface area contributed by atoms with Crippen molar-refractivity contribution in [1.29, 1.82) is 0 Å². The Morgan fingerprint density at radius 3 is 2.78 bits per heavy atom. The van der Waals surface area contributed by atoms with Crippen molar-refractivity contribution >= 4 is 17.3 Å². The number of aliphatic hydroxyl groups is 1. The summed E-state index contributed by atoms with van der Waals surface area (Å²) in [7, 11) is 0. The van der Waals surface area contributed by atoms with Crippen LogP contribution >= 0.6 is 0 Å². The lowest BCUT2D eigenvalue weighted by Crippen LogP contribution is -2.24. The standard InChI is InChI=1S/C28H26FN7O/c29-21-5-1-4-20(16-21)24-8-3-14-35(24)28-10-9-27-32-18-25(36(27)34-28)23-7-2-6-22(33-23)19-11-12-30-26(17-19)31-13-15-37/h1-2,4-7,9-12,16-18,24,37H,3,8,13-15H2,(H,30,31)/t24-/m1/s1. The minimum Gasteiger partial charge on any atom is -0.395 e. The van der Waals surface area contributed by atoms with Gasteiger partial charge in [0, 0.05) is 24.8 Å². The predicted molar refractivity (Wildman–Crippen MR) is 141 cm³/mol. The van der Waals surface area contributed by atoms with Gasteiger partial charge in [0.1, 0.15) is 23.1 Å². The molecule has 1 aliphatic rings. The molecule has 5 aromatic rings. The van der Waals surface area contributed by atoms with Crippen LogP contribution in [0.15, 0.2) is 79.1 Å². The lowest BCUT2D eigenvalue weighted by Gasteiger charge is -2.26. The Morgan fingerprint density at radius 1 is 1.00 bits per heavy atom. The number of nitrogens with one attached hydrogen (secondary N) is 1. The van der Waals surface area contributed by atoms with Crippen LogP contribution in [0.5, 0.6) is 0 Å². The summed E-state index contributed by atoms with van der Waals surface area (Å²) in [5.41, 5.74) is 4.93. The molecular weight excluding hydrogens is 469 g/mol. The van der Waals surface area contributed by atoms with E-state index in [1.54, 1.807) is 24.5 Å². The Balaban J connectivity index is 1.34. The summed E-state index contributed by atoms with van der Waals surface area (Å²) in [6.07, 6.45) is 5.47. The number of nitrogens with zero attached hydrogens (tertiary/aromatic N) is 6. The molecule has 0 amide bonds. The molecule has 37 heavy (non-hydrogen) atoms. The number of fused-ring (bicyclic) bond motifs is 1. The van der Waals surface area contributed by atoms with Gasteiger partial charge in [-0.05, 0) is 66.9 Å². The molecule has 0 aliphatic carbocycles. The molecule has 2 N–H and O–H groups in total. The van der Waals surface area contributed by atoms with Crippen LogP contribution in [-0.2, 0) is 0 Å². The van der Waals surface area contributed by atoms with Crippen LogP contribution in [0.3, 0.4) is 0 Å². The lowest BCUT2D eigenvalue weighted by atomic mass is 10.0. The molecule has 0 saturated carbocycles. The summed E-state index contributed by atoms with van der Waals surface area (Å²) in [5, 5.41) is 17.1. The third kappa shape index (κ3) is 4.61. The molecule has 0 spiro atoms. The number of halogens is 1. The van der Waals surface area contributed by atoms with Crippen molar-refractivity contribution in [1.82, 2.24) is 24.6 Å². The highest BCUT2D eigenvalue weighted by Gasteiger charge is 2.28. The van der Waals surface area contributed by atoms with E-state index in [0.717, 1.165) is 59.1 Å². The van der Waals surface area contributed by atoms with Gasteiger partial charge >= 0.3 is 0 Å². The number of hydrogen-bond acceptors (Lipinski definition) is 7. The second kappa shape index (κ2) is 9.94. The van der Waals surface area contributed by atoms with Gasteiger partial charge in [0.2, 0.25) is 0 Å². The van der Waals surface area contributed by atoms with Crippen LogP contribution in [0.4, 0.5) is 16.0 Å². The number of pyridine rings is 2. The van der Waals surface area contributed by atoms with Crippen molar-refractivity contribution in [2.45, 2.75) is 18.9 Å². The average Bonchev–Trinajstić information content (AvgIpc) is 3.59. The third-order valence-electron chi connectivity index (χ3n) is 6.61. The molecule has 1 aliphatic heterocycles. The molecule has 1 atom stereocenters. The minimum atomic E-state index is -0.221. The molecule has 0 unspecified atom stereocenters. The quantitative estimate of drug-likeness (QED) is 0.337. The topological polar surface area (TPSA) is 91.5 Å². The highest BCUT2D eigenvalue weighted by Crippen LogP contribution is 2.35. The van der Waals surface area contributed by atoms with Gasteiger partial charge in [0.05, 0.1) is 30.2 Å². The Morgan fingerprint density at radius 2 is 1.89 bits per heavy atom. The van der Waals surface area contributed by atoms with Crippen molar-refractivity contribution in [3.8, 4) is 22.6 Å². The summed E-state index contributed by atoms with van der Waals surface area (Å²) >= 11 is 0. The van der Waals surface area contributed by atoms with E-state index >= 15 is 0 Å². The van der Waals surface area contributed by atoms with E-state index in [1.807, 2.05) is 53.0 Å². The summed E-state index contributed by atoms with van der Waals surface area (Å²) in [6.45, 7) is 1.31. The number of rotatable bonds is 7. The molecule has 0 bridgehead atoms. The summed E-state index contributed by atoms with van der Waals surface area (Å²) in [4.78, 5) is 16.0. The molecule has 6 rings (SSSR count).